The van der Waals surface area contributed by atoms with Crippen LogP contribution in [0.3, 0.4) is 0 Å². The number of aliphatic hydroxyl groups excluding tert-OH is 1. The number of halogens is 5. The van der Waals surface area contributed by atoms with Crippen molar-refractivity contribution in [3.8, 4) is 11.1 Å². The maximum Gasteiger partial charge on any atom is 0.283 e. The van der Waals surface area contributed by atoms with Crippen LogP contribution >= 0.6 is 0 Å². The van der Waals surface area contributed by atoms with Crippen LogP contribution in [0.2, 0.25) is 0 Å². The summed E-state index contributed by atoms with van der Waals surface area (Å²) in [5.41, 5.74) is 3.62. The highest BCUT2D eigenvalue weighted by Crippen LogP contribution is 2.44. The zero-order valence-electron chi connectivity index (χ0n) is 23.1. The molecule has 2 unspecified atom stereocenters. The Kier molecular flexibility index (Phi) is 7.71. The number of nitrogens with one attached hydrogen (secondary N) is 3. The van der Waals surface area contributed by atoms with Crippen LogP contribution in [-0.2, 0) is 6.42 Å². The molecule has 0 amide bonds. The topological polar surface area (TPSA) is 83.2 Å². The SMILES string of the molecule is CC1Cc2c([nH]c3cc(-c4cn[nH]c4)ccc23)C(c2c(F)cc(NC3CN(CCCF)C3)cc2F)N1CC(F)(F)CO. The number of anilines is 1. The molecule has 4 heterocycles. The maximum atomic E-state index is 15.9. The van der Waals surface area contributed by atoms with Crippen LogP contribution < -0.4 is 5.32 Å². The highest BCUT2D eigenvalue weighted by Gasteiger charge is 2.43. The first-order valence-corrected chi connectivity index (χ1v) is 14.1. The second-order valence-electron chi connectivity index (χ2n) is 11.4. The number of H-pyrrole nitrogens is 2. The summed E-state index contributed by atoms with van der Waals surface area (Å²) in [4.78, 5) is 6.72. The van der Waals surface area contributed by atoms with Crippen molar-refractivity contribution in [2.45, 2.75) is 43.8 Å². The lowest BCUT2D eigenvalue weighted by molar-refractivity contribution is -0.0869. The molecule has 1 saturated heterocycles. The normalized spacial score (nSPS) is 20.2. The van der Waals surface area contributed by atoms with Gasteiger partial charge in [-0.25, -0.2) is 17.6 Å². The van der Waals surface area contributed by atoms with Crippen LogP contribution in [0.25, 0.3) is 22.0 Å². The van der Waals surface area contributed by atoms with Gasteiger partial charge >= 0.3 is 0 Å². The first-order valence-electron chi connectivity index (χ1n) is 14.1. The van der Waals surface area contributed by atoms with E-state index in [-0.39, 0.29) is 17.3 Å². The standard InChI is InChI=1S/C30H33F5N6O/c1-17-7-23-22-4-3-18(19-11-36-37-12-19)8-26(22)39-28(23)29(41(17)15-30(34,35)16-42)27-24(32)9-20(10-25(27)33)38-21-13-40(14-21)6-2-5-31/h3-4,8-12,17,21,29,38-39,42H,2,5-7,13-16H2,1H3,(H,36,37). The van der Waals surface area contributed by atoms with E-state index in [0.717, 1.165) is 22.1 Å². The maximum absolute atomic E-state index is 15.9. The first-order chi connectivity index (χ1) is 20.2. The number of hydrogen-bond donors (Lipinski definition) is 4. The Morgan fingerprint density at radius 3 is 2.55 bits per heavy atom. The molecule has 2 aromatic carbocycles. The lowest BCUT2D eigenvalue weighted by Crippen LogP contribution is -2.54. The highest BCUT2D eigenvalue weighted by molar-refractivity contribution is 5.89. The minimum absolute atomic E-state index is 0.0339. The molecule has 0 saturated carbocycles. The van der Waals surface area contributed by atoms with E-state index in [2.05, 4.69) is 25.4 Å². The van der Waals surface area contributed by atoms with Crippen LogP contribution in [0.1, 0.15) is 36.2 Å². The number of rotatable bonds is 10. The van der Waals surface area contributed by atoms with Gasteiger partial charge in [-0.05, 0) is 49.1 Å². The number of benzene rings is 2. The molecule has 12 heteroatoms. The van der Waals surface area contributed by atoms with Crippen molar-refractivity contribution in [3.63, 3.8) is 0 Å². The van der Waals surface area contributed by atoms with Gasteiger partial charge in [0, 0.05) is 65.3 Å². The average molecular weight is 589 g/mol. The van der Waals surface area contributed by atoms with Gasteiger partial charge in [0.15, 0.2) is 0 Å². The van der Waals surface area contributed by atoms with Crippen molar-refractivity contribution in [2.75, 3.05) is 44.8 Å². The largest absolute Gasteiger partial charge is 0.390 e. The fourth-order valence-corrected chi connectivity index (χ4v) is 6.32. The fraction of sp³-hybridized carbons (Fsp3) is 0.433. The molecular weight excluding hydrogens is 555 g/mol. The zero-order valence-corrected chi connectivity index (χ0v) is 23.1. The summed E-state index contributed by atoms with van der Waals surface area (Å²) in [5.74, 6) is -5.19. The summed E-state index contributed by atoms with van der Waals surface area (Å²) in [6.45, 7) is 0.994. The van der Waals surface area contributed by atoms with Crippen molar-refractivity contribution in [3.05, 3.63) is 71.2 Å². The van der Waals surface area contributed by atoms with Gasteiger partial charge in [0.05, 0.1) is 31.5 Å². The predicted octanol–water partition coefficient (Wildman–Crippen LogP) is 5.26. The third-order valence-corrected chi connectivity index (χ3v) is 8.38. The van der Waals surface area contributed by atoms with Crippen LogP contribution in [0.15, 0.2) is 42.7 Å². The van der Waals surface area contributed by atoms with Gasteiger partial charge in [-0.2, -0.15) is 5.10 Å². The van der Waals surface area contributed by atoms with Crippen molar-refractivity contribution < 1.29 is 27.1 Å². The Hall–Kier alpha value is -3.48. The Morgan fingerprint density at radius 1 is 1.12 bits per heavy atom. The Balaban J connectivity index is 1.38. The van der Waals surface area contributed by atoms with Gasteiger partial charge in [0.25, 0.3) is 5.92 Å². The highest BCUT2D eigenvalue weighted by atomic mass is 19.3. The summed E-state index contributed by atoms with van der Waals surface area (Å²) < 4.78 is 73.5. The summed E-state index contributed by atoms with van der Waals surface area (Å²) in [6, 6.07) is 6.43. The second kappa shape index (κ2) is 11.3. The van der Waals surface area contributed by atoms with E-state index in [1.807, 2.05) is 18.2 Å². The van der Waals surface area contributed by atoms with E-state index >= 15 is 8.78 Å². The smallest absolute Gasteiger partial charge is 0.283 e. The lowest BCUT2D eigenvalue weighted by atomic mass is 9.87. The third kappa shape index (κ3) is 5.38. The molecule has 0 radical (unpaired) electrons. The van der Waals surface area contributed by atoms with Gasteiger partial charge < -0.3 is 15.4 Å². The molecule has 224 valence electrons. The molecular formula is C30H33F5N6O. The van der Waals surface area contributed by atoms with E-state index in [0.29, 0.717) is 43.7 Å². The number of fused-ring (bicyclic) bond motifs is 3. The number of nitrogens with zero attached hydrogens (tertiary/aromatic N) is 3. The molecule has 4 N–H and O–H groups in total. The fourth-order valence-electron chi connectivity index (χ4n) is 6.32. The Morgan fingerprint density at radius 2 is 1.88 bits per heavy atom. The van der Waals surface area contributed by atoms with E-state index in [1.54, 1.807) is 19.3 Å². The molecule has 2 aliphatic heterocycles. The number of hydrogen-bond acceptors (Lipinski definition) is 5. The van der Waals surface area contributed by atoms with Crippen LogP contribution in [0, 0.1) is 11.6 Å². The molecule has 6 rings (SSSR count). The van der Waals surface area contributed by atoms with E-state index in [1.165, 1.54) is 17.0 Å². The molecule has 2 aliphatic rings. The van der Waals surface area contributed by atoms with Crippen molar-refractivity contribution in [2.24, 2.45) is 0 Å². The molecule has 4 aromatic rings. The van der Waals surface area contributed by atoms with Gasteiger partial charge in [-0.3, -0.25) is 19.3 Å². The molecule has 0 bridgehead atoms. The van der Waals surface area contributed by atoms with E-state index < -0.39 is 49.5 Å². The van der Waals surface area contributed by atoms with Crippen LogP contribution in [0.4, 0.5) is 27.6 Å². The van der Waals surface area contributed by atoms with Gasteiger partial charge in [0.1, 0.15) is 18.2 Å². The summed E-state index contributed by atoms with van der Waals surface area (Å²) >= 11 is 0. The van der Waals surface area contributed by atoms with Crippen LogP contribution in [-0.4, -0.2) is 87.6 Å². The monoisotopic (exact) mass is 588 g/mol. The van der Waals surface area contributed by atoms with Crippen molar-refractivity contribution in [1.29, 1.82) is 0 Å². The van der Waals surface area contributed by atoms with Gasteiger partial charge in [-0.1, -0.05) is 12.1 Å². The molecule has 7 nitrogen and oxygen atoms in total. The number of aliphatic hydroxyl groups is 1. The number of alkyl halides is 3. The van der Waals surface area contributed by atoms with Gasteiger partial charge in [-0.15, -0.1) is 0 Å². The minimum atomic E-state index is -3.48. The van der Waals surface area contributed by atoms with E-state index in [9.17, 15) is 18.3 Å². The lowest BCUT2D eigenvalue weighted by Gasteiger charge is -2.42. The third-order valence-electron chi connectivity index (χ3n) is 8.38. The van der Waals surface area contributed by atoms with Crippen molar-refractivity contribution >= 4 is 16.6 Å². The molecule has 2 aromatic heterocycles. The number of aromatic nitrogens is 3. The molecule has 0 aliphatic carbocycles. The van der Waals surface area contributed by atoms with Crippen LogP contribution in [0.5, 0.6) is 0 Å². The summed E-state index contributed by atoms with van der Waals surface area (Å²) in [5, 5.41) is 20.1. The quantitative estimate of drug-likeness (QED) is 0.190. The van der Waals surface area contributed by atoms with E-state index in [4.69, 9.17) is 0 Å². The molecule has 0 spiro atoms. The molecule has 1 fully saturated rings. The second-order valence-corrected chi connectivity index (χ2v) is 11.4. The summed E-state index contributed by atoms with van der Waals surface area (Å²) in [6.07, 6.45) is 4.25. The Labute approximate surface area is 239 Å². The Bertz CT molecular complexity index is 1530. The zero-order chi connectivity index (χ0) is 29.6. The van der Waals surface area contributed by atoms with Crippen molar-refractivity contribution in [1.82, 2.24) is 25.0 Å². The molecule has 2 atom stereocenters. The number of likely N-dealkylation sites (tertiary alicyclic amines) is 1. The summed E-state index contributed by atoms with van der Waals surface area (Å²) in [7, 11) is 0. The predicted molar refractivity (Wildman–Crippen MR) is 150 cm³/mol. The first kappa shape index (κ1) is 28.6. The minimum Gasteiger partial charge on any atom is -0.390 e. The number of aromatic amines is 2. The average Bonchev–Trinajstić information content (AvgIpc) is 3.59. The van der Waals surface area contributed by atoms with Gasteiger partial charge in [0.2, 0.25) is 0 Å². The molecule has 42 heavy (non-hydrogen) atoms.